The second-order valence-corrected chi connectivity index (χ2v) is 5.06. The van der Waals surface area contributed by atoms with Crippen LogP contribution in [-0.2, 0) is 9.47 Å². The first-order valence-corrected chi connectivity index (χ1v) is 6.70. The summed E-state index contributed by atoms with van der Waals surface area (Å²) in [5.41, 5.74) is 0. The van der Waals surface area contributed by atoms with E-state index in [0.717, 1.165) is 44.9 Å². The van der Waals surface area contributed by atoms with E-state index in [-0.39, 0.29) is 11.9 Å². The number of ether oxygens (including phenoxy) is 2. The van der Waals surface area contributed by atoms with Gasteiger partial charge in [-0.1, -0.05) is 0 Å². The highest BCUT2D eigenvalue weighted by Crippen LogP contribution is 2.38. The van der Waals surface area contributed by atoms with E-state index >= 15 is 0 Å². The Morgan fingerprint density at radius 3 is 3.00 bits per heavy atom. The molecule has 1 saturated carbocycles. The molecule has 0 aromatic heterocycles. The highest BCUT2D eigenvalue weighted by atomic mass is 16.7. The molecule has 17 heavy (non-hydrogen) atoms. The second-order valence-electron chi connectivity index (χ2n) is 5.06. The first kappa shape index (κ1) is 11.3. The largest absolute Gasteiger partial charge is 0.356 e. The Bertz CT molecular complexity index is 300. The third-order valence-corrected chi connectivity index (χ3v) is 3.67. The van der Waals surface area contributed by atoms with Gasteiger partial charge in [0.05, 0.1) is 6.61 Å². The molecule has 2 N–H and O–H groups in total. The van der Waals surface area contributed by atoms with E-state index in [9.17, 15) is 0 Å². The Balaban J connectivity index is 1.45. The third kappa shape index (κ3) is 2.55. The summed E-state index contributed by atoms with van der Waals surface area (Å²) in [6.45, 7) is 3.42. The molecule has 1 atom stereocenters. The molecule has 2 heterocycles. The Morgan fingerprint density at radius 2 is 2.24 bits per heavy atom. The van der Waals surface area contributed by atoms with Crippen LogP contribution in [0.25, 0.3) is 0 Å². The van der Waals surface area contributed by atoms with Crippen molar-refractivity contribution in [3.63, 3.8) is 0 Å². The molecule has 2 aliphatic heterocycles. The fourth-order valence-electron chi connectivity index (χ4n) is 2.75. The monoisotopic (exact) mass is 239 g/mol. The van der Waals surface area contributed by atoms with Crippen LogP contribution in [0.3, 0.4) is 0 Å². The Morgan fingerprint density at radius 1 is 1.35 bits per heavy atom. The van der Waals surface area contributed by atoms with Gasteiger partial charge >= 0.3 is 0 Å². The maximum atomic E-state index is 6.03. The summed E-state index contributed by atoms with van der Waals surface area (Å²) in [7, 11) is 0. The SMILES string of the molecule is C1CN=C(NCC2COC3(CCCC3)O2)NC1. The first-order valence-electron chi connectivity index (χ1n) is 6.70. The van der Waals surface area contributed by atoms with E-state index in [2.05, 4.69) is 15.6 Å². The molecular formula is C12H21N3O2. The van der Waals surface area contributed by atoms with Gasteiger partial charge in [0.15, 0.2) is 11.7 Å². The molecule has 96 valence electrons. The van der Waals surface area contributed by atoms with Crippen molar-refractivity contribution in [1.82, 2.24) is 10.6 Å². The Labute approximate surface area is 102 Å². The van der Waals surface area contributed by atoms with Crippen molar-refractivity contribution in [3.05, 3.63) is 0 Å². The highest BCUT2D eigenvalue weighted by molar-refractivity contribution is 5.80. The quantitative estimate of drug-likeness (QED) is 0.741. The zero-order valence-corrected chi connectivity index (χ0v) is 10.2. The smallest absolute Gasteiger partial charge is 0.191 e. The van der Waals surface area contributed by atoms with Crippen molar-refractivity contribution >= 4 is 5.96 Å². The number of nitrogens with zero attached hydrogens (tertiary/aromatic N) is 1. The maximum Gasteiger partial charge on any atom is 0.191 e. The molecule has 0 amide bonds. The first-order chi connectivity index (χ1) is 8.36. The molecule has 1 aliphatic carbocycles. The van der Waals surface area contributed by atoms with Gasteiger partial charge in [0.1, 0.15) is 6.10 Å². The van der Waals surface area contributed by atoms with E-state index in [1.54, 1.807) is 0 Å². The van der Waals surface area contributed by atoms with Crippen LogP contribution in [0, 0.1) is 0 Å². The van der Waals surface area contributed by atoms with Gasteiger partial charge < -0.3 is 20.1 Å². The minimum atomic E-state index is -0.242. The van der Waals surface area contributed by atoms with Gasteiger partial charge in [-0.05, 0) is 19.3 Å². The van der Waals surface area contributed by atoms with Crippen molar-refractivity contribution < 1.29 is 9.47 Å². The van der Waals surface area contributed by atoms with Crippen molar-refractivity contribution in [2.24, 2.45) is 4.99 Å². The summed E-state index contributed by atoms with van der Waals surface area (Å²) in [5, 5.41) is 6.55. The molecule has 0 aromatic carbocycles. The van der Waals surface area contributed by atoms with E-state index in [1.807, 2.05) is 0 Å². The summed E-state index contributed by atoms with van der Waals surface area (Å²) in [4.78, 5) is 4.38. The van der Waals surface area contributed by atoms with Crippen LogP contribution < -0.4 is 10.6 Å². The topological polar surface area (TPSA) is 54.9 Å². The van der Waals surface area contributed by atoms with Crippen LogP contribution in [0.1, 0.15) is 32.1 Å². The predicted octanol–water partition coefficient (Wildman–Crippen LogP) is 0.611. The zero-order valence-electron chi connectivity index (χ0n) is 10.2. The maximum absolute atomic E-state index is 6.03. The van der Waals surface area contributed by atoms with Crippen LogP contribution in [0.5, 0.6) is 0 Å². The lowest BCUT2D eigenvalue weighted by atomic mass is 10.2. The Hall–Kier alpha value is -0.810. The van der Waals surface area contributed by atoms with Crippen LogP contribution >= 0.6 is 0 Å². The van der Waals surface area contributed by atoms with Gasteiger partial charge in [0.2, 0.25) is 0 Å². The molecule has 0 radical (unpaired) electrons. The fraction of sp³-hybridized carbons (Fsp3) is 0.917. The summed E-state index contributed by atoms with van der Waals surface area (Å²) in [6.07, 6.45) is 5.87. The second kappa shape index (κ2) is 4.82. The molecule has 1 saturated heterocycles. The molecule has 0 bridgehead atoms. The van der Waals surface area contributed by atoms with Crippen molar-refractivity contribution in [2.75, 3.05) is 26.2 Å². The van der Waals surface area contributed by atoms with Crippen molar-refractivity contribution in [1.29, 1.82) is 0 Å². The molecule has 5 nitrogen and oxygen atoms in total. The van der Waals surface area contributed by atoms with Gasteiger partial charge in [0, 0.05) is 32.5 Å². The number of hydrogen-bond acceptors (Lipinski definition) is 5. The zero-order chi connectivity index (χ0) is 11.6. The third-order valence-electron chi connectivity index (χ3n) is 3.67. The van der Waals surface area contributed by atoms with Gasteiger partial charge in [-0.3, -0.25) is 4.99 Å². The van der Waals surface area contributed by atoms with Gasteiger partial charge in [-0.25, -0.2) is 0 Å². The normalized spacial score (nSPS) is 31.3. The van der Waals surface area contributed by atoms with Gasteiger partial charge in [-0.15, -0.1) is 0 Å². The molecule has 2 fully saturated rings. The van der Waals surface area contributed by atoms with E-state index in [4.69, 9.17) is 9.47 Å². The van der Waals surface area contributed by atoms with Crippen molar-refractivity contribution in [3.8, 4) is 0 Å². The average molecular weight is 239 g/mol. The molecule has 0 aromatic rings. The van der Waals surface area contributed by atoms with Gasteiger partial charge in [-0.2, -0.15) is 0 Å². The lowest BCUT2D eigenvalue weighted by Crippen LogP contribution is -2.44. The van der Waals surface area contributed by atoms with Crippen LogP contribution in [0.15, 0.2) is 4.99 Å². The molecule has 1 unspecified atom stereocenters. The van der Waals surface area contributed by atoms with Crippen LogP contribution in [0.2, 0.25) is 0 Å². The minimum absolute atomic E-state index is 0.166. The molecule has 3 rings (SSSR count). The lowest BCUT2D eigenvalue weighted by molar-refractivity contribution is -0.160. The fourth-order valence-corrected chi connectivity index (χ4v) is 2.75. The summed E-state index contributed by atoms with van der Waals surface area (Å²) in [5.74, 6) is 0.668. The van der Waals surface area contributed by atoms with Crippen molar-refractivity contribution in [2.45, 2.75) is 44.0 Å². The number of guanidine groups is 1. The number of aliphatic imine (C=N–C) groups is 1. The standard InChI is InChI=1S/C12H21N3O2/c1-2-5-12(4-1)16-9-10(17-12)8-15-11-13-6-3-7-14-11/h10H,1-9H2,(H2,13,14,15). The molecular weight excluding hydrogens is 218 g/mol. The lowest BCUT2D eigenvalue weighted by Gasteiger charge is -2.22. The minimum Gasteiger partial charge on any atom is -0.356 e. The number of hydrogen-bond donors (Lipinski definition) is 2. The van der Waals surface area contributed by atoms with E-state index < -0.39 is 0 Å². The summed E-state index contributed by atoms with van der Waals surface area (Å²) < 4.78 is 11.9. The Kier molecular flexibility index (Phi) is 3.20. The average Bonchev–Trinajstić information content (AvgIpc) is 2.99. The highest BCUT2D eigenvalue weighted by Gasteiger charge is 2.43. The number of rotatable bonds is 2. The summed E-state index contributed by atoms with van der Waals surface area (Å²) in [6, 6.07) is 0. The van der Waals surface area contributed by atoms with Crippen LogP contribution in [0.4, 0.5) is 0 Å². The van der Waals surface area contributed by atoms with E-state index in [0.29, 0.717) is 6.61 Å². The van der Waals surface area contributed by atoms with Crippen LogP contribution in [-0.4, -0.2) is 44.1 Å². The van der Waals surface area contributed by atoms with Gasteiger partial charge in [0.25, 0.3) is 0 Å². The predicted molar refractivity (Wildman–Crippen MR) is 64.9 cm³/mol. The van der Waals surface area contributed by atoms with E-state index in [1.165, 1.54) is 12.8 Å². The molecule has 1 spiro atoms. The number of nitrogens with one attached hydrogen (secondary N) is 2. The molecule has 3 aliphatic rings. The summed E-state index contributed by atoms with van der Waals surface area (Å²) >= 11 is 0. The molecule has 5 heteroatoms.